The largest absolute Gasteiger partial charge is 0.343 e. The molecule has 6 N–H and O–H groups in total. The average molecular weight is 1120 g/mol. The number of ketones is 2. The molecule has 7 rings (SSSR count). The number of hydrogen-bond donors (Lipinski definition) is 6. The summed E-state index contributed by atoms with van der Waals surface area (Å²) in [7, 11) is 3.35. The fourth-order valence-corrected chi connectivity index (χ4v) is 10.9. The van der Waals surface area contributed by atoms with Crippen molar-refractivity contribution in [2.24, 2.45) is 0 Å². The van der Waals surface area contributed by atoms with Crippen LogP contribution in [0, 0.1) is 0 Å². The Morgan fingerprint density at radius 1 is 0.427 bits per heavy atom. The van der Waals surface area contributed by atoms with E-state index in [1.165, 1.54) is 0 Å². The lowest BCUT2D eigenvalue weighted by Crippen LogP contribution is -2.55. The van der Waals surface area contributed by atoms with Gasteiger partial charge in [0.1, 0.15) is 24.2 Å². The highest BCUT2D eigenvalue weighted by atomic mass is 16.2. The topological polar surface area (TPSA) is 215 Å². The predicted octanol–water partition coefficient (Wildman–Crippen LogP) is 7.93. The smallest absolute Gasteiger partial charge is 0.245 e. The van der Waals surface area contributed by atoms with E-state index in [9.17, 15) is 38.4 Å². The van der Waals surface area contributed by atoms with Crippen molar-refractivity contribution in [3.8, 4) is 0 Å². The number of nitrogens with zero attached hydrogens (tertiary/aromatic N) is 2. The van der Waals surface area contributed by atoms with Crippen LogP contribution in [0.2, 0.25) is 0 Å². The first-order valence-corrected chi connectivity index (χ1v) is 29.3. The number of unbranched alkanes of at least 4 members (excludes halogenated alkanes) is 4. The van der Waals surface area contributed by atoms with Crippen LogP contribution < -0.4 is 31.9 Å². The summed E-state index contributed by atoms with van der Waals surface area (Å²) in [6, 6.07) is 40.5. The number of benzene rings is 5. The van der Waals surface area contributed by atoms with Crippen LogP contribution in [-0.2, 0) is 28.8 Å². The summed E-state index contributed by atoms with van der Waals surface area (Å²) < 4.78 is 0. The van der Waals surface area contributed by atoms with Crippen molar-refractivity contribution in [2.45, 2.75) is 152 Å². The van der Waals surface area contributed by atoms with Crippen LogP contribution in [0.3, 0.4) is 0 Å². The lowest BCUT2D eigenvalue weighted by atomic mass is 9.98. The van der Waals surface area contributed by atoms with Gasteiger partial charge in [-0.25, -0.2) is 0 Å². The quantitative estimate of drug-likeness (QED) is 0.0193. The molecule has 2 aliphatic rings. The molecule has 82 heavy (non-hydrogen) atoms. The van der Waals surface area contributed by atoms with Crippen molar-refractivity contribution in [2.75, 3.05) is 27.2 Å². The zero-order valence-electron chi connectivity index (χ0n) is 47.9. The molecule has 0 radical (unpaired) electrons. The Labute approximate surface area is 483 Å². The monoisotopic (exact) mass is 1110 g/mol. The zero-order valence-corrected chi connectivity index (χ0v) is 47.9. The molecule has 5 aromatic carbocycles. The zero-order chi connectivity index (χ0) is 58.4. The van der Waals surface area contributed by atoms with Crippen molar-refractivity contribution in [1.82, 2.24) is 41.7 Å². The molecule has 16 heteroatoms. The van der Waals surface area contributed by atoms with Gasteiger partial charge in [-0.3, -0.25) is 38.4 Å². The van der Waals surface area contributed by atoms with Crippen LogP contribution in [0.1, 0.15) is 159 Å². The number of Topliss-reactive ketones (excluding diaryl/α,β-unsaturated/α-hetero) is 2. The van der Waals surface area contributed by atoms with Crippen molar-refractivity contribution in [3.63, 3.8) is 0 Å². The Morgan fingerprint density at radius 3 is 1.05 bits per heavy atom. The molecule has 0 bridgehead atoms. The maximum Gasteiger partial charge on any atom is 0.245 e. The molecule has 434 valence electrons. The van der Waals surface area contributed by atoms with E-state index in [1.54, 1.807) is 62.0 Å². The Morgan fingerprint density at radius 2 is 0.744 bits per heavy atom. The van der Waals surface area contributed by atoms with Gasteiger partial charge in [-0.1, -0.05) is 171 Å². The normalized spacial score (nSPS) is 16.5. The van der Waals surface area contributed by atoms with E-state index in [2.05, 4.69) is 31.9 Å². The molecule has 6 atom stereocenters. The Balaban J connectivity index is 0.867. The molecule has 2 fully saturated rings. The minimum Gasteiger partial charge on any atom is -0.343 e. The van der Waals surface area contributed by atoms with E-state index < -0.39 is 48.3 Å². The predicted molar refractivity (Wildman–Crippen MR) is 317 cm³/mol. The van der Waals surface area contributed by atoms with Crippen LogP contribution in [-0.4, -0.2) is 120 Å². The second-order valence-corrected chi connectivity index (χ2v) is 21.7. The van der Waals surface area contributed by atoms with Gasteiger partial charge in [0.05, 0.1) is 24.2 Å². The van der Waals surface area contributed by atoms with Crippen molar-refractivity contribution < 1.29 is 38.4 Å². The first-order chi connectivity index (χ1) is 39.8. The molecule has 2 heterocycles. The molecule has 0 spiro atoms. The molecule has 0 unspecified atom stereocenters. The first-order valence-electron chi connectivity index (χ1n) is 29.3. The molecule has 16 nitrogen and oxygen atoms in total. The van der Waals surface area contributed by atoms with E-state index in [4.69, 9.17) is 0 Å². The minimum absolute atomic E-state index is 0.0669. The van der Waals surface area contributed by atoms with E-state index in [0.717, 1.165) is 22.3 Å². The van der Waals surface area contributed by atoms with E-state index in [-0.39, 0.29) is 59.9 Å². The SMILES string of the molecule is CN[C@@H](C)C(=O)N[C@@H](CCCCCC(=O)c1ccc(C(=O)CCCCC[C@H](NC(=O)[C@H](C)NC)C(=O)N2CCC[C@H]2C(=O)NC(c2ccccc2)c2ccccc2)cc1)C(=O)N1CCC[C@H]1C(=O)NC(c1ccccc1)c1ccccc1. The summed E-state index contributed by atoms with van der Waals surface area (Å²) in [6.07, 6.45) is 6.99. The highest BCUT2D eigenvalue weighted by molar-refractivity contribution is 6.00. The third kappa shape index (κ3) is 17.1. The van der Waals surface area contributed by atoms with Gasteiger partial charge in [-0.15, -0.1) is 0 Å². The maximum absolute atomic E-state index is 14.3. The second kappa shape index (κ2) is 31.4. The fourth-order valence-electron chi connectivity index (χ4n) is 10.9. The number of carbonyl (C=O) groups excluding carboxylic acids is 8. The lowest BCUT2D eigenvalue weighted by Gasteiger charge is -2.30. The molecule has 0 saturated carbocycles. The van der Waals surface area contributed by atoms with Crippen LogP contribution in [0.5, 0.6) is 0 Å². The van der Waals surface area contributed by atoms with Crippen LogP contribution in [0.15, 0.2) is 146 Å². The summed E-state index contributed by atoms with van der Waals surface area (Å²) in [5.74, 6) is -1.88. The van der Waals surface area contributed by atoms with Crippen LogP contribution in [0.25, 0.3) is 0 Å². The molecule has 0 aromatic heterocycles. The van der Waals surface area contributed by atoms with Gasteiger partial charge < -0.3 is 41.7 Å². The molecular weight excluding hydrogens is 1030 g/mol. The van der Waals surface area contributed by atoms with Crippen molar-refractivity contribution >= 4 is 47.0 Å². The summed E-state index contributed by atoms with van der Waals surface area (Å²) in [5.41, 5.74) is 4.68. The molecule has 0 aliphatic carbocycles. The van der Waals surface area contributed by atoms with Gasteiger partial charge in [-0.05, 0) is 102 Å². The standard InChI is InChI=1S/C66H82N8O8/c1-45(67-3)61(77)69-53(65(81)73-43-23-35-55(73)63(79)71-59(49-25-11-5-12-26-49)50-27-13-6-14-28-50)33-19-9-21-37-57(75)47-39-41-48(42-40-47)58(76)38-22-10-20-34-54(70-62(78)46(2)68-4)66(82)74-44-24-36-56(74)64(80)72-60(51-29-15-7-16-30-51)52-31-17-8-18-32-52/h5-8,11-18,25-32,39-42,45-46,53-56,59-60,67-68H,9-10,19-24,33-38,43-44H2,1-4H3,(H,69,77)(H,70,78)(H,71,79)(H,72,80)/t45-,46-,53-,54-,55-,56-/m0/s1. The van der Waals surface area contributed by atoms with Gasteiger partial charge in [0, 0.05) is 37.1 Å². The summed E-state index contributed by atoms with van der Waals surface area (Å²) in [4.78, 5) is 113. The average Bonchev–Trinajstić information content (AvgIpc) is 4.42. The molecule has 6 amide bonds. The summed E-state index contributed by atoms with van der Waals surface area (Å²) in [5, 5.41) is 18.2. The Kier molecular flexibility index (Phi) is 23.7. The summed E-state index contributed by atoms with van der Waals surface area (Å²) >= 11 is 0. The number of rotatable bonds is 30. The van der Waals surface area contributed by atoms with Gasteiger partial charge >= 0.3 is 0 Å². The van der Waals surface area contributed by atoms with Crippen molar-refractivity contribution in [1.29, 1.82) is 0 Å². The molecular formula is C66H82N8O8. The molecule has 2 saturated heterocycles. The van der Waals surface area contributed by atoms with Crippen molar-refractivity contribution in [3.05, 3.63) is 179 Å². The number of likely N-dealkylation sites (N-methyl/N-ethyl adjacent to an activating group) is 2. The second-order valence-electron chi connectivity index (χ2n) is 21.7. The van der Waals surface area contributed by atoms with Gasteiger partial charge in [0.25, 0.3) is 0 Å². The number of amides is 6. The highest BCUT2D eigenvalue weighted by Gasteiger charge is 2.40. The number of likely N-dealkylation sites (tertiary alicyclic amines) is 2. The van der Waals surface area contributed by atoms with E-state index in [1.807, 2.05) is 121 Å². The number of hydrogen-bond acceptors (Lipinski definition) is 10. The molecule has 5 aromatic rings. The van der Waals surface area contributed by atoms with Gasteiger partial charge in [-0.2, -0.15) is 0 Å². The van der Waals surface area contributed by atoms with E-state index in [0.29, 0.717) is 101 Å². The maximum atomic E-state index is 14.3. The van der Waals surface area contributed by atoms with E-state index >= 15 is 0 Å². The Hall–Kier alpha value is -7.82. The fraction of sp³-hybridized carbons (Fsp3) is 0.424. The highest BCUT2D eigenvalue weighted by Crippen LogP contribution is 2.28. The van der Waals surface area contributed by atoms with Crippen LogP contribution in [0.4, 0.5) is 0 Å². The third-order valence-electron chi connectivity index (χ3n) is 16.0. The first kappa shape index (κ1) is 61.8. The van der Waals surface area contributed by atoms with Crippen LogP contribution >= 0.6 is 0 Å². The number of nitrogens with one attached hydrogen (secondary N) is 6. The Bertz CT molecular complexity index is 2620. The third-order valence-corrected chi connectivity index (χ3v) is 16.0. The number of carbonyl (C=O) groups is 8. The van der Waals surface area contributed by atoms with Gasteiger partial charge in [0.2, 0.25) is 35.4 Å². The van der Waals surface area contributed by atoms with Gasteiger partial charge in [0.15, 0.2) is 11.6 Å². The lowest BCUT2D eigenvalue weighted by molar-refractivity contribution is -0.142. The minimum atomic E-state index is -0.855. The summed E-state index contributed by atoms with van der Waals surface area (Å²) in [6.45, 7) is 4.22. The molecule has 2 aliphatic heterocycles.